The number of carbonyl (C=O) groups excluding carboxylic acids is 1. The largest absolute Gasteiger partial charge is 0.382 e. The fourth-order valence-electron chi connectivity index (χ4n) is 2.71. The van der Waals surface area contributed by atoms with Gasteiger partial charge in [0.15, 0.2) is 0 Å². The quantitative estimate of drug-likeness (QED) is 0.542. The summed E-state index contributed by atoms with van der Waals surface area (Å²) in [6.45, 7) is 6.09. The topological polar surface area (TPSA) is 75.7 Å². The second-order valence-corrected chi connectivity index (χ2v) is 8.76. The van der Waals surface area contributed by atoms with Gasteiger partial charge in [0.05, 0.1) is 4.90 Å². The first kappa shape index (κ1) is 23.3. The lowest BCUT2D eigenvalue weighted by Gasteiger charge is -2.21. The Kier molecular flexibility index (Phi) is 9.10. The molecule has 2 aromatic carbocycles. The minimum atomic E-state index is -3.63. The van der Waals surface area contributed by atoms with Crippen LogP contribution in [0.4, 0.5) is 0 Å². The molecule has 8 heteroatoms. The van der Waals surface area contributed by atoms with E-state index in [9.17, 15) is 13.2 Å². The van der Waals surface area contributed by atoms with Gasteiger partial charge in [0.25, 0.3) is 5.91 Å². The van der Waals surface area contributed by atoms with Gasteiger partial charge in [-0.25, -0.2) is 8.42 Å². The average molecular weight is 439 g/mol. The monoisotopic (exact) mass is 438 g/mol. The molecule has 0 spiro atoms. The maximum Gasteiger partial charge on any atom is 0.251 e. The lowest BCUT2D eigenvalue weighted by molar-refractivity contribution is 0.0944. The number of carbonyl (C=O) groups is 1. The highest BCUT2D eigenvalue weighted by Gasteiger charge is 2.23. The van der Waals surface area contributed by atoms with Crippen molar-refractivity contribution in [2.24, 2.45) is 0 Å². The lowest BCUT2D eigenvalue weighted by atomic mass is 10.1. The number of hydrogen-bond donors (Lipinski definition) is 1. The summed E-state index contributed by atoms with van der Waals surface area (Å²) in [5.74, 6) is -0.158. The van der Waals surface area contributed by atoms with E-state index in [1.54, 1.807) is 43.3 Å². The number of benzene rings is 2. The molecule has 2 rings (SSSR count). The van der Waals surface area contributed by atoms with Crippen LogP contribution in [-0.2, 0) is 21.3 Å². The summed E-state index contributed by atoms with van der Waals surface area (Å²) >= 11 is 5.85. The molecule has 0 aliphatic heterocycles. The van der Waals surface area contributed by atoms with Crippen LogP contribution in [0.5, 0.6) is 0 Å². The number of nitrogens with zero attached hydrogens (tertiary/aromatic N) is 1. The molecule has 6 nitrogen and oxygen atoms in total. The average Bonchev–Trinajstić information content (AvgIpc) is 2.72. The van der Waals surface area contributed by atoms with E-state index in [0.29, 0.717) is 36.9 Å². The Morgan fingerprint density at radius 1 is 1.07 bits per heavy atom. The molecule has 29 heavy (non-hydrogen) atoms. The van der Waals surface area contributed by atoms with Gasteiger partial charge in [-0.05, 0) is 55.3 Å². The first-order valence-electron chi connectivity index (χ1n) is 9.59. The number of rotatable bonds is 11. The highest BCUT2D eigenvalue weighted by molar-refractivity contribution is 7.89. The molecule has 0 aromatic heterocycles. The Bertz CT molecular complexity index is 884. The van der Waals surface area contributed by atoms with Gasteiger partial charge < -0.3 is 10.1 Å². The molecule has 2 aromatic rings. The molecule has 1 N–H and O–H groups in total. The van der Waals surface area contributed by atoms with Gasteiger partial charge in [-0.2, -0.15) is 4.31 Å². The van der Waals surface area contributed by atoms with Crippen LogP contribution >= 0.6 is 11.6 Å². The Morgan fingerprint density at radius 3 is 2.31 bits per heavy atom. The van der Waals surface area contributed by atoms with Crippen LogP contribution in [0.2, 0.25) is 5.02 Å². The first-order chi connectivity index (χ1) is 13.9. The van der Waals surface area contributed by atoms with Crippen molar-refractivity contribution in [3.63, 3.8) is 0 Å². The van der Waals surface area contributed by atoms with Crippen molar-refractivity contribution in [3.05, 3.63) is 64.7 Å². The molecular formula is C21H27ClN2O4S. The van der Waals surface area contributed by atoms with Gasteiger partial charge in [0.1, 0.15) is 0 Å². The third-order valence-corrected chi connectivity index (χ3v) is 6.52. The molecule has 0 heterocycles. The van der Waals surface area contributed by atoms with Crippen molar-refractivity contribution in [2.45, 2.75) is 31.7 Å². The molecule has 0 aliphatic rings. The van der Waals surface area contributed by atoms with Crippen LogP contribution in [0, 0.1) is 0 Å². The molecule has 158 valence electrons. The molecular weight excluding hydrogens is 412 g/mol. The van der Waals surface area contributed by atoms with Crippen LogP contribution in [0.25, 0.3) is 0 Å². The standard InChI is InChI=1S/C21H27ClN2O4S/c1-3-24(29(26,27)20-12-10-19(22)11-13-20)16-17-6-8-18(9-7-17)21(25)23-14-5-15-28-4-2/h6-13H,3-5,14-16H2,1-2H3,(H,23,25). The summed E-state index contributed by atoms with van der Waals surface area (Å²) in [6.07, 6.45) is 0.756. The summed E-state index contributed by atoms with van der Waals surface area (Å²) in [5.41, 5.74) is 1.34. The normalized spacial score (nSPS) is 11.6. The Labute approximate surface area is 177 Å². The van der Waals surface area contributed by atoms with Crippen molar-refractivity contribution < 1.29 is 17.9 Å². The minimum absolute atomic E-state index is 0.158. The molecule has 0 aliphatic carbocycles. The van der Waals surface area contributed by atoms with Gasteiger partial charge in [-0.15, -0.1) is 0 Å². The van der Waals surface area contributed by atoms with Crippen molar-refractivity contribution in [3.8, 4) is 0 Å². The Balaban J connectivity index is 1.99. The maximum atomic E-state index is 12.9. The number of hydrogen-bond acceptors (Lipinski definition) is 4. The van der Waals surface area contributed by atoms with E-state index in [2.05, 4.69) is 5.32 Å². The Morgan fingerprint density at radius 2 is 1.72 bits per heavy atom. The Hall–Kier alpha value is -1.93. The second-order valence-electron chi connectivity index (χ2n) is 6.39. The zero-order valence-electron chi connectivity index (χ0n) is 16.7. The van der Waals surface area contributed by atoms with Crippen LogP contribution < -0.4 is 5.32 Å². The zero-order valence-corrected chi connectivity index (χ0v) is 18.3. The van der Waals surface area contributed by atoms with E-state index in [0.717, 1.165) is 12.0 Å². The highest BCUT2D eigenvalue weighted by atomic mass is 35.5. The van der Waals surface area contributed by atoms with E-state index in [4.69, 9.17) is 16.3 Å². The van der Waals surface area contributed by atoms with E-state index in [1.165, 1.54) is 16.4 Å². The van der Waals surface area contributed by atoms with Gasteiger partial charge in [-0.1, -0.05) is 30.7 Å². The summed E-state index contributed by atoms with van der Waals surface area (Å²) < 4.78 is 32.3. The SMILES string of the molecule is CCOCCCNC(=O)c1ccc(CN(CC)S(=O)(=O)c2ccc(Cl)cc2)cc1. The van der Waals surface area contributed by atoms with Crippen molar-refractivity contribution in [1.29, 1.82) is 0 Å². The molecule has 1 amide bonds. The lowest BCUT2D eigenvalue weighted by Crippen LogP contribution is -2.30. The third kappa shape index (κ3) is 6.82. The molecule has 0 fully saturated rings. The molecule has 0 unspecified atom stereocenters. The van der Waals surface area contributed by atoms with Crippen molar-refractivity contribution in [1.82, 2.24) is 9.62 Å². The zero-order chi connectivity index (χ0) is 21.3. The van der Waals surface area contributed by atoms with Gasteiger partial charge in [-0.3, -0.25) is 4.79 Å². The molecule has 0 bridgehead atoms. The van der Waals surface area contributed by atoms with Crippen LogP contribution in [0.15, 0.2) is 53.4 Å². The van der Waals surface area contributed by atoms with E-state index in [1.807, 2.05) is 6.92 Å². The summed E-state index contributed by atoms with van der Waals surface area (Å²) in [4.78, 5) is 12.4. The summed E-state index contributed by atoms with van der Waals surface area (Å²) in [7, 11) is -3.63. The molecule has 0 radical (unpaired) electrons. The third-order valence-electron chi connectivity index (χ3n) is 4.33. The predicted molar refractivity (Wildman–Crippen MR) is 115 cm³/mol. The van der Waals surface area contributed by atoms with Crippen LogP contribution in [0.1, 0.15) is 36.2 Å². The van der Waals surface area contributed by atoms with Gasteiger partial charge >= 0.3 is 0 Å². The fourth-order valence-corrected chi connectivity index (χ4v) is 4.27. The second kappa shape index (κ2) is 11.3. The number of ether oxygens (including phenoxy) is 1. The fraction of sp³-hybridized carbons (Fsp3) is 0.381. The number of sulfonamides is 1. The molecule has 0 saturated heterocycles. The summed E-state index contributed by atoms with van der Waals surface area (Å²) in [5, 5.41) is 3.33. The maximum absolute atomic E-state index is 12.9. The van der Waals surface area contributed by atoms with Crippen molar-refractivity contribution in [2.75, 3.05) is 26.3 Å². The van der Waals surface area contributed by atoms with Gasteiger partial charge in [0, 0.05) is 43.4 Å². The number of halogens is 1. The molecule has 0 atom stereocenters. The minimum Gasteiger partial charge on any atom is -0.382 e. The van der Waals surface area contributed by atoms with E-state index < -0.39 is 10.0 Å². The van der Waals surface area contributed by atoms with E-state index >= 15 is 0 Å². The number of nitrogens with one attached hydrogen (secondary N) is 1. The van der Waals surface area contributed by atoms with Crippen LogP contribution in [-0.4, -0.2) is 44.9 Å². The van der Waals surface area contributed by atoms with E-state index in [-0.39, 0.29) is 17.3 Å². The predicted octanol–water partition coefficient (Wildman–Crippen LogP) is 3.71. The highest BCUT2D eigenvalue weighted by Crippen LogP contribution is 2.20. The summed E-state index contributed by atoms with van der Waals surface area (Å²) in [6, 6.07) is 13.1. The van der Waals surface area contributed by atoms with Crippen LogP contribution in [0.3, 0.4) is 0 Å². The van der Waals surface area contributed by atoms with Gasteiger partial charge in [0.2, 0.25) is 10.0 Å². The molecule has 0 saturated carbocycles. The number of amides is 1. The first-order valence-corrected chi connectivity index (χ1v) is 11.4. The smallest absolute Gasteiger partial charge is 0.251 e. The van der Waals surface area contributed by atoms with Crippen molar-refractivity contribution >= 4 is 27.5 Å².